The molecule has 6 heteroatoms. The fourth-order valence-corrected chi connectivity index (χ4v) is 3.28. The summed E-state index contributed by atoms with van der Waals surface area (Å²) in [7, 11) is 0. The summed E-state index contributed by atoms with van der Waals surface area (Å²) in [5.74, 6) is 0.830. The molecule has 0 atom stereocenters. The summed E-state index contributed by atoms with van der Waals surface area (Å²) in [6.07, 6.45) is 6.31. The average Bonchev–Trinajstić information content (AvgIpc) is 2.93. The number of amides is 1. The first-order valence-corrected chi connectivity index (χ1v) is 9.06. The number of aromatic nitrogens is 3. The van der Waals surface area contributed by atoms with E-state index in [1.165, 1.54) is 5.56 Å². The normalized spacial score (nSPS) is 13.6. The monoisotopic (exact) mass is 359 g/mol. The number of carbonyl (C=O) groups is 1. The summed E-state index contributed by atoms with van der Waals surface area (Å²) in [5, 5.41) is 3.40. The molecule has 0 fully saturated rings. The molecule has 1 aromatic carbocycles. The fourth-order valence-electron chi connectivity index (χ4n) is 3.28. The van der Waals surface area contributed by atoms with Crippen molar-refractivity contribution in [1.82, 2.24) is 19.9 Å². The number of benzene rings is 1. The Morgan fingerprint density at radius 2 is 1.89 bits per heavy atom. The molecule has 1 aliphatic rings. The van der Waals surface area contributed by atoms with Crippen molar-refractivity contribution >= 4 is 17.4 Å². The first-order chi connectivity index (χ1) is 13.2. The average molecular weight is 359 g/mol. The van der Waals surface area contributed by atoms with Crippen LogP contribution in [0.25, 0.3) is 0 Å². The Balaban J connectivity index is 1.54. The van der Waals surface area contributed by atoms with E-state index in [1.54, 1.807) is 30.9 Å². The maximum absolute atomic E-state index is 12.7. The summed E-state index contributed by atoms with van der Waals surface area (Å²) in [6.45, 7) is 3.34. The summed E-state index contributed by atoms with van der Waals surface area (Å²) in [5.41, 5.74) is 4.91. The van der Waals surface area contributed by atoms with Gasteiger partial charge < -0.3 is 10.2 Å². The van der Waals surface area contributed by atoms with E-state index in [0.717, 1.165) is 29.2 Å². The minimum absolute atomic E-state index is 0.0110. The van der Waals surface area contributed by atoms with Crippen molar-refractivity contribution in [1.29, 1.82) is 0 Å². The molecule has 27 heavy (non-hydrogen) atoms. The Morgan fingerprint density at radius 1 is 1.07 bits per heavy atom. The van der Waals surface area contributed by atoms with Gasteiger partial charge in [0.2, 0.25) is 0 Å². The number of hydrogen-bond donors (Lipinski definition) is 1. The first kappa shape index (κ1) is 17.1. The predicted octanol–water partition coefficient (Wildman–Crippen LogP) is 3.16. The van der Waals surface area contributed by atoms with Crippen molar-refractivity contribution < 1.29 is 4.79 Å². The van der Waals surface area contributed by atoms with Crippen LogP contribution in [0.1, 0.15) is 27.2 Å². The summed E-state index contributed by atoms with van der Waals surface area (Å²) >= 11 is 0. The van der Waals surface area contributed by atoms with Crippen LogP contribution in [0.15, 0.2) is 55.1 Å². The second-order valence-electron chi connectivity index (χ2n) is 6.67. The highest BCUT2D eigenvalue weighted by Crippen LogP contribution is 2.24. The second-order valence-corrected chi connectivity index (χ2v) is 6.67. The van der Waals surface area contributed by atoms with E-state index in [0.29, 0.717) is 25.1 Å². The quantitative estimate of drug-likeness (QED) is 0.778. The molecule has 4 rings (SSSR count). The van der Waals surface area contributed by atoms with Crippen LogP contribution < -0.4 is 5.32 Å². The molecule has 0 saturated carbocycles. The van der Waals surface area contributed by atoms with Gasteiger partial charge in [0.25, 0.3) is 5.91 Å². The highest BCUT2D eigenvalue weighted by atomic mass is 16.2. The number of nitrogens with one attached hydrogen (secondary N) is 1. The SMILES string of the molecule is Cc1ccc(Nc2ncnc3c2CCN(C(=O)c2cccnc2)CC3)cc1. The molecule has 0 aliphatic carbocycles. The van der Waals surface area contributed by atoms with E-state index in [9.17, 15) is 4.79 Å². The largest absolute Gasteiger partial charge is 0.340 e. The summed E-state index contributed by atoms with van der Waals surface area (Å²) in [4.78, 5) is 27.6. The smallest absolute Gasteiger partial charge is 0.255 e. The Hall–Kier alpha value is -3.28. The maximum Gasteiger partial charge on any atom is 0.255 e. The van der Waals surface area contributed by atoms with Gasteiger partial charge in [-0.3, -0.25) is 9.78 Å². The van der Waals surface area contributed by atoms with Gasteiger partial charge in [-0.2, -0.15) is 0 Å². The molecule has 0 saturated heterocycles. The lowest BCUT2D eigenvalue weighted by molar-refractivity contribution is 0.0762. The fraction of sp³-hybridized carbons (Fsp3) is 0.238. The van der Waals surface area contributed by atoms with E-state index in [2.05, 4.69) is 39.3 Å². The van der Waals surface area contributed by atoms with Gasteiger partial charge in [-0.15, -0.1) is 0 Å². The number of aryl methyl sites for hydroxylation is 1. The third-order valence-corrected chi connectivity index (χ3v) is 4.79. The van der Waals surface area contributed by atoms with Crippen molar-refractivity contribution in [3.8, 4) is 0 Å². The Morgan fingerprint density at radius 3 is 2.67 bits per heavy atom. The summed E-state index contributed by atoms with van der Waals surface area (Å²) in [6, 6.07) is 11.8. The summed E-state index contributed by atoms with van der Waals surface area (Å²) < 4.78 is 0. The highest BCUT2D eigenvalue weighted by molar-refractivity contribution is 5.94. The number of carbonyl (C=O) groups excluding carboxylic acids is 1. The van der Waals surface area contributed by atoms with Crippen LogP contribution >= 0.6 is 0 Å². The number of nitrogens with zero attached hydrogens (tertiary/aromatic N) is 4. The third-order valence-electron chi connectivity index (χ3n) is 4.79. The van der Waals surface area contributed by atoms with Crippen LogP contribution in [0.4, 0.5) is 11.5 Å². The molecule has 3 heterocycles. The van der Waals surface area contributed by atoms with Gasteiger partial charge in [0, 0.05) is 43.2 Å². The van der Waals surface area contributed by atoms with E-state index in [4.69, 9.17) is 0 Å². The van der Waals surface area contributed by atoms with E-state index >= 15 is 0 Å². The van der Waals surface area contributed by atoms with Crippen molar-refractivity contribution in [2.75, 3.05) is 18.4 Å². The van der Waals surface area contributed by atoms with Crippen LogP contribution in [0.5, 0.6) is 0 Å². The van der Waals surface area contributed by atoms with E-state index in [-0.39, 0.29) is 5.91 Å². The van der Waals surface area contributed by atoms with Gasteiger partial charge in [-0.05, 0) is 37.6 Å². The highest BCUT2D eigenvalue weighted by Gasteiger charge is 2.22. The minimum Gasteiger partial charge on any atom is -0.340 e. The lowest BCUT2D eigenvalue weighted by atomic mass is 10.1. The molecule has 0 unspecified atom stereocenters. The van der Waals surface area contributed by atoms with Gasteiger partial charge >= 0.3 is 0 Å². The standard InChI is InChI=1S/C21H21N5O/c1-15-4-6-17(7-5-15)25-20-18-8-11-26(12-9-19(18)23-14-24-20)21(27)16-3-2-10-22-13-16/h2-7,10,13-14H,8-9,11-12H2,1H3,(H,23,24,25). The Bertz CT molecular complexity index is 941. The van der Waals surface area contributed by atoms with Crippen molar-refractivity contribution in [2.45, 2.75) is 19.8 Å². The molecule has 3 aromatic rings. The Kier molecular flexibility index (Phi) is 4.78. The van der Waals surface area contributed by atoms with Crippen molar-refractivity contribution in [2.24, 2.45) is 0 Å². The lowest BCUT2D eigenvalue weighted by Crippen LogP contribution is -2.33. The molecule has 0 radical (unpaired) electrons. The predicted molar refractivity (Wildman–Crippen MR) is 104 cm³/mol. The molecule has 6 nitrogen and oxygen atoms in total. The van der Waals surface area contributed by atoms with Gasteiger partial charge in [0.05, 0.1) is 11.3 Å². The van der Waals surface area contributed by atoms with Crippen LogP contribution in [-0.4, -0.2) is 38.8 Å². The van der Waals surface area contributed by atoms with Crippen molar-refractivity contribution in [3.63, 3.8) is 0 Å². The molecular formula is C21H21N5O. The third kappa shape index (κ3) is 3.79. The zero-order valence-corrected chi connectivity index (χ0v) is 15.2. The van der Waals surface area contributed by atoms with Gasteiger partial charge in [0.15, 0.2) is 0 Å². The number of pyridine rings is 1. The van der Waals surface area contributed by atoms with Crippen molar-refractivity contribution in [3.05, 3.63) is 77.5 Å². The zero-order chi connectivity index (χ0) is 18.6. The first-order valence-electron chi connectivity index (χ1n) is 9.06. The molecule has 0 spiro atoms. The molecule has 1 amide bonds. The number of rotatable bonds is 3. The van der Waals surface area contributed by atoms with Crippen LogP contribution in [0.3, 0.4) is 0 Å². The topological polar surface area (TPSA) is 71.0 Å². The maximum atomic E-state index is 12.7. The van der Waals surface area contributed by atoms with Gasteiger partial charge in [-0.25, -0.2) is 9.97 Å². The number of anilines is 2. The number of fused-ring (bicyclic) bond motifs is 1. The van der Waals surface area contributed by atoms with E-state index < -0.39 is 0 Å². The second kappa shape index (κ2) is 7.53. The lowest BCUT2D eigenvalue weighted by Gasteiger charge is -2.20. The molecule has 1 N–H and O–H groups in total. The van der Waals surface area contributed by atoms with Crippen LogP contribution in [0, 0.1) is 6.92 Å². The minimum atomic E-state index is 0.0110. The number of hydrogen-bond acceptors (Lipinski definition) is 5. The Labute approximate surface area is 158 Å². The van der Waals surface area contributed by atoms with Crippen LogP contribution in [0.2, 0.25) is 0 Å². The molecule has 136 valence electrons. The van der Waals surface area contributed by atoms with Gasteiger partial charge in [0.1, 0.15) is 12.1 Å². The molecule has 0 bridgehead atoms. The van der Waals surface area contributed by atoms with E-state index in [1.807, 2.05) is 17.0 Å². The molecule has 2 aromatic heterocycles. The molecular weight excluding hydrogens is 338 g/mol. The van der Waals surface area contributed by atoms with Gasteiger partial charge in [-0.1, -0.05) is 17.7 Å². The molecule has 1 aliphatic heterocycles. The van der Waals surface area contributed by atoms with Crippen LogP contribution in [-0.2, 0) is 12.8 Å². The zero-order valence-electron chi connectivity index (χ0n) is 15.2.